The van der Waals surface area contributed by atoms with E-state index in [9.17, 15) is 0 Å². The second-order valence-electron chi connectivity index (χ2n) is 6.77. The lowest BCUT2D eigenvalue weighted by atomic mass is 10.0. The number of hydrogen-bond acceptors (Lipinski definition) is 3. The Labute approximate surface area is 145 Å². The monoisotopic (exact) mass is 329 g/mol. The molecule has 1 aliphatic heterocycles. The molecule has 4 nitrogen and oxygen atoms in total. The number of likely N-dealkylation sites (N-methyl/N-ethyl adjacent to an activating group) is 1. The summed E-state index contributed by atoms with van der Waals surface area (Å²) in [5.74, 6) is 0. The molecule has 0 spiro atoms. The average molecular weight is 329 g/mol. The number of aromatic nitrogens is 1. The van der Waals surface area contributed by atoms with Crippen LogP contribution in [0.1, 0.15) is 36.2 Å². The van der Waals surface area contributed by atoms with E-state index in [1.807, 2.05) is 0 Å². The predicted octanol–water partition coefficient (Wildman–Crippen LogP) is 2.99. The van der Waals surface area contributed by atoms with Gasteiger partial charge in [0.2, 0.25) is 0 Å². The van der Waals surface area contributed by atoms with Gasteiger partial charge in [-0.3, -0.25) is 4.90 Å². The molecule has 3 rings (SSSR count). The van der Waals surface area contributed by atoms with Gasteiger partial charge in [-0.05, 0) is 62.2 Å². The van der Waals surface area contributed by atoms with Gasteiger partial charge in [0.1, 0.15) is 0 Å². The largest absolute Gasteiger partial charge is 0.380 e. The van der Waals surface area contributed by atoms with Crippen molar-refractivity contribution in [2.75, 3.05) is 32.8 Å². The van der Waals surface area contributed by atoms with E-state index in [1.54, 1.807) is 0 Å². The smallest absolute Gasteiger partial charge is 0.0593 e. The number of ether oxygens (including phenoxy) is 1. The van der Waals surface area contributed by atoms with Crippen molar-refractivity contribution < 1.29 is 4.74 Å². The fraction of sp³-hybridized carbons (Fsp3) is 0.600. The Morgan fingerprint density at radius 3 is 2.62 bits per heavy atom. The minimum atomic E-state index is 0.805. The molecule has 1 aromatic carbocycles. The van der Waals surface area contributed by atoms with Crippen LogP contribution in [0.5, 0.6) is 0 Å². The zero-order valence-electron chi connectivity index (χ0n) is 15.6. The Kier molecular flexibility index (Phi) is 5.59. The highest BCUT2D eigenvalue weighted by Gasteiger charge is 2.22. The molecule has 0 radical (unpaired) electrons. The molecule has 0 saturated heterocycles. The number of fused-ring (bicyclic) bond motifs is 2. The van der Waals surface area contributed by atoms with Crippen LogP contribution in [0, 0.1) is 6.92 Å². The van der Waals surface area contributed by atoms with E-state index in [4.69, 9.17) is 4.74 Å². The number of nitrogens with one attached hydrogen (secondary N) is 1. The van der Waals surface area contributed by atoms with E-state index in [2.05, 4.69) is 54.7 Å². The number of hydrogen-bond donors (Lipinski definition) is 1. The summed E-state index contributed by atoms with van der Waals surface area (Å²) in [4.78, 5) is 2.49. The summed E-state index contributed by atoms with van der Waals surface area (Å²) in [6, 6.07) is 4.86. The van der Waals surface area contributed by atoms with Gasteiger partial charge in [0.15, 0.2) is 0 Å². The van der Waals surface area contributed by atoms with E-state index >= 15 is 0 Å². The van der Waals surface area contributed by atoms with E-state index in [0.717, 1.165) is 52.4 Å². The first-order valence-corrected chi connectivity index (χ1v) is 9.26. The summed E-state index contributed by atoms with van der Waals surface area (Å²) in [5.41, 5.74) is 7.26. The lowest BCUT2D eigenvalue weighted by Gasteiger charge is -2.13. The lowest BCUT2D eigenvalue weighted by molar-refractivity contribution is 0.113. The van der Waals surface area contributed by atoms with Crippen LogP contribution in [0.3, 0.4) is 0 Å². The highest BCUT2D eigenvalue weighted by atomic mass is 16.5. The standard InChI is InChI=1S/C20H31N3O/c1-5-21-8-7-18-15(3)22(4)20-12-17-14-23(9-10-24-6-2)13-16(17)11-19(18)20/h11-12,21H,5-10,13-14H2,1-4H3. The molecular formula is C20H31N3O. The summed E-state index contributed by atoms with van der Waals surface area (Å²) < 4.78 is 7.87. The minimum Gasteiger partial charge on any atom is -0.380 e. The third kappa shape index (κ3) is 3.37. The maximum Gasteiger partial charge on any atom is 0.0593 e. The summed E-state index contributed by atoms with van der Waals surface area (Å²) in [5, 5.41) is 4.90. The molecule has 0 unspecified atom stereocenters. The van der Waals surface area contributed by atoms with Gasteiger partial charge in [0.05, 0.1) is 6.61 Å². The molecule has 4 heteroatoms. The van der Waals surface area contributed by atoms with Gasteiger partial charge in [-0.1, -0.05) is 6.92 Å². The van der Waals surface area contributed by atoms with Crippen LogP contribution in [0.15, 0.2) is 12.1 Å². The number of aryl methyl sites for hydroxylation is 1. The van der Waals surface area contributed by atoms with Crippen LogP contribution in [0.25, 0.3) is 10.9 Å². The Bertz CT molecular complexity index is 705. The summed E-state index contributed by atoms with van der Waals surface area (Å²) >= 11 is 0. The van der Waals surface area contributed by atoms with Crippen LogP contribution < -0.4 is 5.32 Å². The topological polar surface area (TPSA) is 29.4 Å². The maximum atomic E-state index is 5.51. The van der Waals surface area contributed by atoms with E-state index in [0.29, 0.717) is 0 Å². The molecule has 1 aromatic heterocycles. The van der Waals surface area contributed by atoms with Gasteiger partial charge in [-0.15, -0.1) is 0 Å². The summed E-state index contributed by atoms with van der Waals surface area (Å²) in [7, 11) is 2.20. The zero-order valence-corrected chi connectivity index (χ0v) is 15.6. The summed E-state index contributed by atoms with van der Waals surface area (Å²) in [6.45, 7) is 13.3. The van der Waals surface area contributed by atoms with Crippen LogP contribution in [0.4, 0.5) is 0 Å². The highest BCUT2D eigenvalue weighted by Crippen LogP contribution is 2.32. The maximum absolute atomic E-state index is 5.51. The van der Waals surface area contributed by atoms with E-state index in [1.165, 1.54) is 33.3 Å². The van der Waals surface area contributed by atoms with E-state index < -0.39 is 0 Å². The van der Waals surface area contributed by atoms with Crippen molar-refractivity contribution in [3.8, 4) is 0 Å². The molecule has 0 atom stereocenters. The van der Waals surface area contributed by atoms with Crippen LogP contribution in [-0.2, 0) is 31.3 Å². The zero-order chi connectivity index (χ0) is 17.1. The quantitative estimate of drug-likeness (QED) is 0.755. The van der Waals surface area contributed by atoms with Gasteiger partial charge >= 0.3 is 0 Å². The molecular weight excluding hydrogens is 298 g/mol. The molecule has 0 saturated carbocycles. The summed E-state index contributed by atoms with van der Waals surface area (Å²) in [6.07, 6.45) is 1.10. The van der Waals surface area contributed by atoms with Crippen molar-refractivity contribution in [2.45, 2.75) is 40.3 Å². The van der Waals surface area contributed by atoms with Crippen molar-refractivity contribution in [3.63, 3.8) is 0 Å². The molecule has 0 fully saturated rings. The fourth-order valence-corrected chi connectivity index (χ4v) is 3.81. The Morgan fingerprint density at radius 2 is 1.92 bits per heavy atom. The molecule has 24 heavy (non-hydrogen) atoms. The third-order valence-corrected chi connectivity index (χ3v) is 5.29. The normalized spacial score (nSPS) is 14.7. The minimum absolute atomic E-state index is 0.805. The lowest BCUT2D eigenvalue weighted by Crippen LogP contribution is -2.21. The molecule has 0 bridgehead atoms. The fourth-order valence-electron chi connectivity index (χ4n) is 3.81. The molecule has 0 aliphatic carbocycles. The second kappa shape index (κ2) is 7.68. The predicted molar refractivity (Wildman–Crippen MR) is 101 cm³/mol. The first-order valence-electron chi connectivity index (χ1n) is 9.26. The molecule has 2 aromatic rings. The van der Waals surface area contributed by atoms with Gasteiger partial charge in [0.25, 0.3) is 0 Å². The Hall–Kier alpha value is -1.36. The van der Waals surface area contributed by atoms with Gasteiger partial charge in [-0.2, -0.15) is 0 Å². The first kappa shape index (κ1) is 17.5. The van der Waals surface area contributed by atoms with E-state index in [-0.39, 0.29) is 0 Å². The average Bonchev–Trinajstić information content (AvgIpc) is 3.07. The van der Waals surface area contributed by atoms with Gasteiger partial charge < -0.3 is 14.6 Å². The highest BCUT2D eigenvalue weighted by molar-refractivity contribution is 5.87. The van der Waals surface area contributed by atoms with Crippen molar-refractivity contribution in [1.82, 2.24) is 14.8 Å². The Morgan fingerprint density at radius 1 is 1.17 bits per heavy atom. The third-order valence-electron chi connectivity index (χ3n) is 5.29. The van der Waals surface area contributed by atoms with Gasteiger partial charge in [0, 0.05) is 49.9 Å². The number of nitrogens with zero attached hydrogens (tertiary/aromatic N) is 2. The molecule has 1 aliphatic rings. The van der Waals surface area contributed by atoms with Crippen molar-refractivity contribution in [1.29, 1.82) is 0 Å². The van der Waals surface area contributed by atoms with Crippen LogP contribution in [-0.4, -0.2) is 42.3 Å². The second-order valence-corrected chi connectivity index (χ2v) is 6.77. The molecule has 132 valence electrons. The van der Waals surface area contributed by atoms with Crippen molar-refractivity contribution >= 4 is 10.9 Å². The van der Waals surface area contributed by atoms with Gasteiger partial charge in [-0.25, -0.2) is 0 Å². The van der Waals surface area contributed by atoms with Crippen molar-refractivity contribution in [3.05, 3.63) is 34.5 Å². The number of benzene rings is 1. The molecule has 2 heterocycles. The Balaban J connectivity index is 1.84. The SMILES string of the molecule is CCNCCc1c(C)n(C)c2cc3c(cc12)CN(CCOCC)C3. The van der Waals surface area contributed by atoms with Crippen LogP contribution >= 0.6 is 0 Å². The van der Waals surface area contributed by atoms with Crippen LogP contribution in [0.2, 0.25) is 0 Å². The number of rotatable bonds is 8. The molecule has 0 amide bonds. The van der Waals surface area contributed by atoms with Crippen molar-refractivity contribution in [2.24, 2.45) is 7.05 Å². The first-order chi connectivity index (χ1) is 11.7. The molecule has 1 N–H and O–H groups in total.